The lowest BCUT2D eigenvalue weighted by Crippen LogP contribution is -2.30. The molecule has 0 saturated heterocycles. The Morgan fingerprint density at radius 1 is 1.14 bits per heavy atom. The number of nitrogens with zero attached hydrogens (tertiary/aromatic N) is 4. The Kier molecular flexibility index (Phi) is 3.23. The summed E-state index contributed by atoms with van der Waals surface area (Å²) < 4.78 is 12.8. The van der Waals surface area contributed by atoms with Crippen LogP contribution >= 0.6 is 23.5 Å². The first-order valence-electron chi connectivity index (χ1n) is 6.70. The fraction of sp³-hybridized carbons (Fsp3) is 0.286. The van der Waals surface area contributed by atoms with Crippen LogP contribution in [0.25, 0.3) is 0 Å². The summed E-state index contributed by atoms with van der Waals surface area (Å²) in [4.78, 5) is 0. The van der Waals surface area contributed by atoms with Gasteiger partial charge < -0.3 is 9.47 Å². The monoisotopic (exact) mass is 334 g/mol. The van der Waals surface area contributed by atoms with Gasteiger partial charge in [0.1, 0.15) is 10.4 Å². The number of ether oxygens (including phenoxy) is 2. The summed E-state index contributed by atoms with van der Waals surface area (Å²) in [6.07, 6.45) is 0. The summed E-state index contributed by atoms with van der Waals surface area (Å²) in [5, 5.41) is 15.0. The number of benzene rings is 1. The molecule has 0 amide bonds. The average molecular weight is 334 g/mol. The number of rotatable bonds is 3. The second kappa shape index (κ2) is 5.13. The molecule has 0 N–H and O–H groups in total. The van der Waals surface area contributed by atoms with Crippen LogP contribution in [-0.4, -0.2) is 29.1 Å². The van der Waals surface area contributed by atoms with Gasteiger partial charge in [-0.25, -0.2) is 4.68 Å². The van der Waals surface area contributed by atoms with Gasteiger partial charge in [-0.05, 0) is 36.4 Å². The van der Waals surface area contributed by atoms with E-state index in [0.29, 0.717) is 0 Å². The minimum Gasteiger partial charge on any atom is -0.493 e. The minimum absolute atomic E-state index is 0.137. The van der Waals surface area contributed by atoms with Gasteiger partial charge >= 0.3 is 0 Å². The Morgan fingerprint density at radius 3 is 2.73 bits per heavy atom. The zero-order chi connectivity index (χ0) is 15.3. The third kappa shape index (κ3) is 1.90. The molecule has 2 aliphatic heterocycles. The Hall–Kier alpha value is -1.80. The van der Waals surface area contributed by atoms with Gasteiger partial charge in [-0.3, -0.25) is 5.01 Å². The topological polar surface area (TPSA) is 52.4 Å². The fourth-order valence-electron chi connectivity index (χ4n) is 2.59. The first kappa shape index (κ1) is 13.8. The quantitative estimate of drug-likeness (QED) is 0.855. The van der Waals surface area contributed by atoms with Crippen molar-refractivity contribution in [2.75, 3.05) is 19.2 Å². The molecule has 1 aromatic heterocycles. The maximum absolute atomic E-state index is 5.42. The second-order valence-electron chi connectivity index (χ2n) is 4.85. The molecular formula is C14H14N4O2S2. The first-order chi connectivity index (χ1) is 10.7. The van der Waals surface area contributed by atoms with Crippen LogP contribution in [0.5, 0.6) is 11.5 Å². The van der Waals surface area contributed by atoms with E-state index in [1.54, 1.807) is 37.7 Å². The minimum atomic E-state index is 0.137. The van der Waals surface area contributed by atoms with Crippen molar-refractivity contribution in [3.05, 3.63) is 40.0 Å². The van der Waals surface area contributed by atoms with Crippen LogP contribution in [0.4, 0.5) is 0 Å². The normalized spacial score (nSPS) is 19.0. The van der Waals surface area contributed by atoms with Gasteiger partial charge in [0.05, 0.1) is 14.2 Å². The molecule has 6 nitrogen and oxygen atoms in total. The second-order valence-corrected chi connectivity index (χ2v) is 6.79. The summed E-state index contributed by atoms with van der Waals surface area (Å²) in [7, 11) is 3.30. The van der Waals surface area contributed by atoms with E-state index in [2.05, 4.69) is 31.4 Å². The van der Waals surface area contributed by atoms with Crippen molar-refractivity contribution in [2.24, 2.45) is 0 Å². The van der Waals surface area contributed by atoms with E-state index in [1.165, 1.54) is 5.03 Å². The molecule has 0 spiro atoms. The molecule has 2 aliphatic rings. The van der Waals surface area contributed by atoms with Crippen LogP contribution in [0.1, 0.15) is 16.8 Å². The molecular weight excluding hydrogens is 320 g/mol. The standard InChI is InChI=1S/C14H14N4O2S2/c1-8-15-16-14-17(8)18-12(22-14)7-21-13(18)9-4-5-10(19-2)11(6-9)20-3/h4-7,13H,1-3H3/t13-/m0/s1. The van der Waals surface area contributed by atoms with E-state index >= 15 is 0 Å². The maximum atomic E-state index is 5.42. The maximum Gasteiger partial charge on any atom is 0.216 e. The Labute approximate surface area is 136 Å². The molecule has 4 rings (SSSR count). The highest BCUT2D eigenvalue weighted by Crippen LogP contribution is 2.51. The molecule has 0 bridgehead atoms. The van der Waals surface area contributed by atoms with Crippen LogP contribution in [0.3, 0.4) is 0 Å². The molecule has 8 heteroatoms. The Bertz CT molecular complexity index is 774. The lowest BCUT2D eigenvalue weighted by Gasteiger charge is -2.25. The molecule has 0 radical (unpaired) electrons. The van der Waals surface area contributed by atoms with Gasteiger partial charge in [0.15, 0.2) is 17.3 Å². The van der Waals surface area contributed by atoms with Gasteiger partial charge in [-0.1, -0.05) is 17.8 Å². The van der Waals surface area contributed by atoms with E-state index < -0.39 is 0 Å². The fourth-order valence-corrected chi connectivity index (χ4v) is 4.86. The zero-order valence-electron chi connectivity index (χ0n) is 12.3. The van der Waals surface area contributed by atoms with Crippen molar-refractivity contribution >= 4 is 23.5 Å². The molecule has 1 atom stereocenters. The van der Waals surface area contributed by atoms with E-state index in [-0.39, 0.29) is 5.37 Å². The van der Waals surface area contributed by atoms with Crippen LogP contribution in [0.2, 0.25) is 0 Å². The van der Waals surface area contributed by atoms with Crippen LogP contribution in [0.15, 0.2) is 33.8 Å². The van der Waals surface area contributed by atoms with E-state index in [9.17, 15) is 0 Å². The van der Waals surface area contributed by atoms with Gasteiger partial charge in [0, 0.05) is 5.41 Å². The molecule has 114 valence electrons. The number of fused-ring (bicyclic) bond motifs is 3. The predicted molar refractivity (Wildman–Crippen MR) is 86.8 cm³/mol. The van der Waals surface area contributed by atoms with E-state index in [1.807, 2.05) is 19.1 Å². The molecule has 22 heavy (non-hydrogen) atoms. The van der Waals surface area contributed by atoms with Crippen LogP contribution < -0.4 is 14.5 Å². The number of hydrogen-bond acceptors (Lipinski definition) is 7. The third-order valence-electron chi connectivity index (χ3n) is 3.62. The number of methoxy groups -OCH3 is 2. The van der Waals surface area contributed by atoms with Gasteiger partial charge in [0.2, 0.25) is 5.16 Å². The number of aryl methyl sites for hydroxylation is 1. The van der Waals surface area contributed by atoms with E-state index in [4.69, 9.17) is 9.47 Å². The van der Waals surface area contributed by atoms with Crippen molar-refractivity contribution in [2.45, 2.75) is 17.5 Å². The molecule has 0 fully saturated rings. The summed E-state index contributed by atoms with van der Waals surface area (Å²) in [5.74, 6) is 2.36. The first-order valence-corrected chi connectivity index (χ1v) is 8.46. The summed E-state index contributed by atoms with van der Waals surface area (Å²) in [5.41, 5.74) is 1.15. The largest absolute Gasteiger partial charge is 0.493 e. The van der Waals surface area contributed by atoms with Crippen LogP contribution in [-0.2, 0) is 0 Å². The Balaban J connectivity index is 1.74. The van der Waals surface area contributed by atoms with E-state index in [0.717, 1.165) is 28.0 Å². The van der Waals surface area contributed by atoms with Crippen molar-refractivity contribution in [3.8, 4) is 11.5 Å². The summed E-state index contributed by atoms with van der Waals surface area (Å²) >= 11 is 3.41. The highest BCUT2D eigenvalue weighted by molar-refractivity contribution is 8.07. The van der Waals surface area contributed by atoms with Crippen molar-refractivity contribution < 1.29 is 9.47 Å². The SMILES string of the molecule is COc1ccc([C@@H]2SC=C3Sc4nnc(C)n4N32)cc1OC. The van der Waals surface area contributed by atoms with Crippen molar-refractivity contribution in [3.63, 3.8) is 0 Å². The van der Waals surface area contributed by atoms with Gasteiger partial charge in [-0.15, -0.1) is 10.2 Å². The molecule has 0 unspecified atom stereocenters. The van der Waals surface area contributed by atoms with Crippen molar-refractivity contribution in [1.29, 1.82) is 0 Å². The smallest absolute Gasteiger partial charge is 0.216 e. The predicted octanol–water partition coefficient (Wildman–Crippen LogP) is 2.89. The molecule has 0 saturated carbocycles. The molecule has 0 aliphatic carbocycles. The van der Waals surface area contributed by atoms with Gasteiger partial charge in [0.25, 0.3) is 0 Å². The van der Waals surface area contributed by atoms with Crippen LogP contribution in [0, 0.1) is 6.92 Å². The number of hydrogen-bond donors (Lipinski definition) is 0. The highest BCUT2D eigenvalue weighted by Gasteiger charge is 2.39. The highest BCUT2D eigenvalue weighted by atomic mass is 32.2. The molecule has 3 heterocycles. The summed E-state index contributed by atoms with van der Waals surface area (Å²) in [6.45, 7) is 1.97. The lowest BCUT2D eigenvalue weighted by molar-refractivity contribution is 0.354. The average Bonchev–Trinajstić information content (AvgIpc) is 3.19. The van der Waals surface area contributed by atoms with Crippen molar-refractivity contribution in [1.82, 2.24) is 14.9 Å². The molecule has 2 aromatic rings. The third-order valence-corrected chi connectivity index (χ3v) is 5.81. The number of thioether (sulfide) groups is 2. The molecule has 1 aromatic carbocycles. The Morgan fingerprint density at radius 2 is 1.95 bits per heavy atom. The zero-order valence-corrected chi connectivity index (χ0v) is 13.9. The summed E-state index contributed by atoms with van der Waals surface area (Å²) in [6, 6.07) is 6.03. The number of aromatic nitrogens is 3. The van der Waals surface area contributed by atoms with Gasteiger partial charge in [-0.2, -0.15) is 0 Å². The lowest BCUT2D eigenvalue weighted by atomic mass is 10.2.